The highest BCUT2D eigenvalue weighted by Gasteiger charge is 2.31. The number of halogens is 3. The third-order valence-electron chi connectivity index (χ3n) is 3.47. The van der Waals surface area contributed by atoms with E-state index in [2.05, 4.69) is 5.32 Å². The number of amides is 2. The summed E-state index contributed by atoms with van der Waals surface area (Å²) in [5.41, 5.74) is -0.458. The molecule has 1 saturated carbocycles. The van der Waals surface area contributed by atoms with Gasteiger partial charge in [0.05, 0.1) is 5.56 Å². The number of rotatable bonds is 5. The molecule has 0 aromatic heterocycles. The second kappa shape index (κ2) is 6.37. The van der Waals surface area contributed by atoms with Crippen molar-refractivity contribution in [2.24, 2.45) is 0 Å². The maximum Gasteiger partial charge on any atom is 0.416 e. The molecule has 0 saturated heterocycles. The van der Waals surface area contributed by atoms with Gasteiger partial charge in [0, 0.05) is 31.6 Å². The number of hydrogen-bond acceptors (Lipinski definition) is 2. The molecule has 4 nitrogen and oxygen atoms in total. The number of anilines is 1. The van der Waals surface area contributed by atoms with E-state index in [9.17, 15) is 22.8 Å². The molecular weight excluding hydrogens is 297 g/mol. The maximum absolute atomic E-state index is 12.4. The summed E-state index contributed by atoms with van der Waals surface area (Å²) < 4.78 is 37.3. The van der Waals surface area contributed by atoms with Crippen LogP contribution in [0.2, 0.25) is 0 Å². The van der Waals surface area contributed by atoms with Crippen LogP contribution in [-0.4, -0.2) is 29.3 Å². The van der Waals surface area contributed by atoms with Gasteiger partial charge in [0.1, 0.15) is 0 Å². The van der Waals surface area contributed by atoms with Crippen molar-refractivity contribution in [3.05, 3.63) is 29.8 Å². The van der Waals surface area contributed by atoms with Crippen molar-refractivity contribution in [2.45, 2.75) is 38.4 Å². The Kier molecular flexibility index (Phi) is 4.73. The molecule has 120 valence electrons. The second-order valence-corrected chi connectivity index (χ2v) is 5.32. The van der Waals surface area contributed by atoms with E-state index >= 15 is 0 Å². The molecule has 0 bridgehead atoms. The van der Waals surface area contributed by atoms with Gasteiger partial charge in [-0.15, -0.1) is 0 Å². The number of nitrogens with zero attached hydrogens (tertiary/aromatic N) is 1. The Bertz CT molecular complexity index is 551. The van der Waals surface area contributed by atoms with E-state index in [1.807, 2.05) is 0 Å². The van der Waals surface area contributed by atoms with Gasteiger partial charge >= 0.3 is 6.18 Å². The minimum absolute atomic E-state index is 0.0650. The zero-order valence-electron chi connectivity index (χ0n) is 12.1. The molecule has 1 aromatic carbocycles. The Morgan fingerprint density at radius 2 is 1.82 bits per heavy atom. The van der Waals surface area contributed by atoms with Crippen LogP contribution in [0.1, 0.15) is 31.7 Å². The number of nitrogens with one attached hydrogen (secondary N) is 1. The molecule has 1 aliphatic rings. The van der Waals surface area contributed by atoms with Crippen molar-refractivity contribution in [3.63, 3.8) is 0 Å². The Hall–Kier alpha value is -2.05. The van der Waals surface area contributed by atoms with Gasteiger partial charge in [-0.2, -0.15) is 13.2 Å². The molecular formula is C15H17F3N2O2. The van der Waals surface area contributed by atoms with E-state index < -0.39 is 11.7 Å². The summed E-state index contributed by atoms with van der Waals surface area (Å²) in [6.07, 6.45) is -2.36. The molecule has 0 aliphatic heterocycles. The van der Waals surface area contributed by atoms with Gasteiger partial charge in [-0.3, -0.25) is 9.59 Å². The van der Waals surface area contributed by atoms with Crippen LogP contribution in [0.3, 0.4) is 0 Å². The van der Waals surface area contributed by atoms with E-state index in [1.165, 1.54) is 19.1 Å². The summed E-state index contributed by atoms with van der Waals surface area (Å²) in [5.74, 6) is -0.392. The molecule has 22 heavy (non-hydrogen) atoms. The molecule has 0 unspecified atom stereocenters. The average Bonchev–Trinajstić information content (AvgIpc) is 3.22. The standard InChI is InChI=1S/C15H17F3N2O2/c1-10(21)20(13-6-7-13)9-8-14(22)19-12-4-2-11(3-5-12)15(16,17)18/h2-5,13H,6-9H2,1H3,(H,19,22). The molecule has 1 fully saturated rings. The smallest absolute Gasteiger partial charge is 0.339 e. The first-order chi connectivity index (χ1) is 10.3. The van der Waals surface area contributed by atoms with E-state index in [0.29, 0.717) is 12.2 Å². The van der Waals surface area contributed by atoms with Crippen molar-refractivity contribution in [3.8, 4) is 0 Å². The highest BCUT2D eigenvalue weighted by molar-refractivity contribution is 5.91. The SMILES string of the molecule is CC(=O)N(CCC(=O)Nc1ccc(C(F)(F)F)cc1)C1CC1. The Morgan fingerprint density at radius 1 is 1.23 bits per heavy atom. The molecule has 0 radical (unpaired) electrons. The fourth-order valence-electron chi connectivity index (χ4n) is 2.17. The predicted molar refractivity (Wildman–Crippen MR) is 75.1 cm³/mol. The molecule has 0 heterocycles. The van der Waals surface area contributed by atoms with Gasteiger partial charge in [0.2, 0.25) is 11.8 Å². The predicted octanol–water partition coefficient (Wildman–Crippen LogP) is 3.04. The van der Waals surface area contributed by atoms with Crippen LogP contribution in [0.4, 0.5) is 18.9 Å². The van der Waals surface area contributed by atoms with Crippen LogP contribution in [0.25, 0.3) is 0 Å². The second-order valence-electron chi connectivity index (χ2n) is 5.32. The molecule has 7 heteroatoms. The van der Waals surface area contributed by atoms with E-state index in [1.54, 1.807) is 4.90 Å². The number of alkyl halides is 3. The third-order valence-corrected chi connectivity index (χ3v) is 3.47. The van der Waals surface area contributed by atoms with Crippen LogP contribution in [0.15, 0.2) is 24.3 Å². The topological polar surface area (TPSA) is 49.4 Å². The van der Waals surface area contributed by atoms with Gasteiger partial charge in [-0.05, 0) is 37.1 Å². The minimum atomic E-state index is -4.39. The average molecular weight is 314 g/mol. The van der Waals surface area contributed by atoms with Crippen molar-refractivity contribution >= 4 is 17.5 Å². The summed E-state index contributed by atoms with van der Waals surface area (Å²) >= 11 is 0. The third kappa shape index (κ3) is 4.47. The highest BCUT2D eigenvalue weighted by atomic mass is 19.4. The lowest BCUT2D eigenvalue weighted by Crippen LogP contribution is -2.33. The first kappa shape index (κ1) is 16.3. The van der Waals surface area contributed by atoms with Crippen molar-refractivity contribution < 1.29 is 22.8 Å². The van der Waals surface area contributed by atoms with Crippen LogP contribution >= 0.6 is 0 Å². The van der Waals surface area contributed by atoms with E-state index in [4.69, 9.17) is 0 Å². The quantitative estimate of drug-likeness (QED) is 0.908. The summed E-state index contributed by atoms with van der Waals surface area (Å²) in [7, 11) is 0. The van der Waals surface area contributed by atoms with Crippen molar-refractivity contribution in [1.29, 1.82) is 0 Å². The van der Waals surface area contributed by atoms with Gasteiger partial charge in [0.25, 0.3) is 0 Å². The van der Waals surface area contributed by atoms with Gasteiger partial charge in [-0.1, -0.05) is 0 Å². The molecule has 2 rings (SSSR count). The summed E-state index contributed by atoms with van der Waals surface area (Å²) in [5, 5.41) is 2.53. The molecule has 1 aliphatic carbocycles. The first-order valence-corrected chi connectivity index (χ1v) is 7.01. The van der Waals surface area contributed by atoms with Crippen LogP contribution in [-0.2, 0) is 15.8 Å². The van der Waals surface area contributed by atoms with Gasteiger partial charge in [-0.25, -0.2) is 0 Å². The lowest BCUT2D eigenvalue weighted by molar-refractivity contribution is -0.137. The molecule has 0 spiro atoms. The number of carbonyl (C=O) groups is 2. The number of hydrogen-bond donors (Lipinski definition) is 1. The van der Waals surface area contributed by atoms with Crippen molar-refractivity contribution in [2.75, 3.05) is 11.9 Å². The first-order valence-electron chi connectivity index (χ1n) is 7.01. The summed E-state index contributed by atoms with van der Waals surface area (Å²) in [6, 6.07) is 4.49. The van der Waals surface area contributed by atoms with Crippen LogP contribution < -0.4 is 5.32 Å². The lowest BCUT2D eigenvalue weighted by atomic mass is 10.2. The zero-order valence-corrected chi connectivity index (χ0v) is 12.1. The fraction of sp³-hybridized carbons (Fsp3) is 0.467. The fourth-order valence-corrected chi connectivity index (χ4v) is 2.17. The van der Waals surface area contributed by atoms with Gasteiger partial charge in [0.15, 0.2) is 0 Å². The van der Waals surface area contributed by atoms with Crippen molar-refractivity contribution in [1.82, 2.24) is 4.90 Å². The van der Waals surface area contributed by atoms with E-state index in [0.717, 1.165) is 25.0 Å². The van der Waals surface area contributed by atoms with Gasteiger partial charge < -0.3 is 10.2 Å². The summed E-state index contributed by atoms with van der Waals surface area (Å²) in [6.45, 7) is 1.79. The molecule has 1 N–H and O–H groups in total. The monoisotopic (exact) mass is 314 g/mol. The highest BCUT2D eigenvalue weighted by Crippen LogP contribution is 2.30. The number of benzene rings is 1. The Morgan fingerprint density at radius 3 is 2.27 bits per heavy atom. The molecule has 0 atom stereocenters. The Balaban J connectivity index is 1.85. The van der Waals surface area contributed by atoms with Crippen LogP contribution in [0.5, 0.6) is 0 Å². The molecule has 1 aromatic rings. The van der Waals surface area contributed by atoms with E-state index in [-0.39, 0.29) is 24.3 Å². The molecule has 2 amide bonds. The normalized spacial score (nSPS) is 14.5. The number of carbonyl (C=O) groups excluding carboxylic acids is 2. The maximum atomic E-state index is 12.4. The Labute approximate surface area is 126 Å². The summed E-state index contributed by atoms with van der Waals surface area (Å²) in [4.78, 5) is 24.9. The zero-order chi connectivity index (χ0) is 16.3. The largest absolute Gasteiger partial charge is 0.416 e. The lowest BCUT2D eigenvalue weighted by Gasteiger charge is -2.20. The van der Waals surface area contributed by atoms with Crippen LogP contribution in [0, 0.1) is 0 Å². The minimum Gasteiger partial charge on any atom is -0.339 e.